The van der Waals surface area contributed by atoms with Crippen molar-refractivity contribution in [2.24, 2.45) is 5.41 Å². The molecule has 0 aromatic heterocycles. The van der Waals surface area contributed by atoms with Gasteiger partial charge in [-0.05, 0) is 48.5 Å². The van der Waals surface area contributed by atoms with E-state index in [0.29, 0.717) is 11.4 Å². The number of hydrogen-bond donors (Lipinski definition) is 2. The Morgan fingerprint density at radius 1 is 0.806 bits per heavy atom. The summed E-state index contributed by atoms with van der Waals surface area (Å²) in [5, 5.41) is 6.13. The molecule has 1 fully saturated rings. The van der Waals surface area contributed by atoms with Crippen molar-refractivity contribution in [2.75, 3.05) is 15.5 Å². The summed E-state index contributed by atoms with van der Waals surface area (Å²) >= 11 is 0. The summed E-state index contributed by atoms with van der Waals surface area (Å²) < 4.78 is 0. The van der Waals surface area contributed by atoms with Gasteiger partial charge >= 0.3 is 0 Å². The van der Waals surface area contributed by atoms with E-state index in [2.05, 4.69) is 10.6 Å². The summed E-state index contributed by atoms with van der Waals surface area (Å²) in [6, 6.07) is 23.8. The van der Waals surface area contributed by atoms with Crippen molar-refractivity contribution in [1.29, 1.82) is 0 Å². The van der Waals surface area contributed by atoms with Crippen LogP contribution in [-0.2, 0) is 9.59 Å². The van der Waals surface area contributed by atoms with E-state index in [4.69, 9.17) is 0 Å². The Morgan fingerprint density at radius 3 is 2.03 bits per heavy atom. The molecule has 0 radical (unpaired) electrons. The van der Waals surface area contributed by atoms with Gasteiger partial charge in [0.15, 0.2) is 0 Å². The van der Waals surface area contributed by atoms with Crippen molar-refractivity contribution < 1.29 is 14.4 Å². The van der Waals surface area contributed by atoms with Gasteiger partial charge in [0, 0.05) is 23.5 Å². The highest BCUT2D eigenvalue weighted by molar-refractivity contribution is 6.25. The first kappa shape index (κ1) is 20.3. The van der Waals surface area contributed by atoms with Gasteiger partial charge in [0.1, 0.15) is 0 Å². The van der Waals surface area contributed by atoms with Crippen molar-refractivity contribution in [3.05, 3.63) is 84.4 Å². The highest BCUT2D eigenvalue weighted by atomic mass is 16.2. The van der Waals surface area contributed by atoms with Gasteiger partial charge in [0.05, 0.1) is 16.7 Å². The monoisotopic (exact) mass is 413 g/mol. The molecule has 3 aromatic rings. The second kappa shape index (κ2) is 8.07. The van der Waals surface area contributed by atoms with Crippen LogP contribution in [0.2, 0.25) is 0 Å². The van der Waals surface area contributed by atoms with Crippen LogP contribution in [0.5, 0.6) is 0 Å². The van der Waals surface area contributed by atoms with Crippen LogP contribution in [-0.4, -0.2) is 17.7 Å². The standard InChI is InChI=1S/C25H23N3O3/c1-25(2)16-22(29)28(24(25)31)21-11-7-6-10-20(21)23(30)27-19-14-12-18(13-15-19)26-17-8-4-3-5-9-17/h3-15,26H,16H2,1-2H3,(H,27,30). The van der Waals surface area contributed by atoms with Crippen molar-refractivity contribution in [3.8, 4) is 0 Å². The summed E-state index contributed by atoms with van der Waals surface area (Å²) in [5.41, 5.74) is 2.27. The van der Waals surface area contributed by atoms with Crippen molar-refractivity contribution in [1.82, 2.24) is 0 Å². The summed E-state index contributed by atoms with van der Waals surface area (Å²) in [4.78, 5) is 39.3. The van der Waals surface area contributed by atoms with Crippen molar-refractivity contribution >= 4 is 40.5 Å². The molecule has 3 aromatic carbocycles. The number of rotatable bonds is 5. The third kappa shape index (κ3) is 4.19. The van der Waals surface area contributed by atoms with Gasteiger partial charge in [-0.2, -0.15) is 0 Å². The molecule has 31 heavy (non-hydrogen) atoms. The Balaban J connectivity index is 1.52. The first-order chi connectivity index (χ1) is 14.8. The molecular formula is C25H23N3O3. The molecule has 0 unspecified atom stereocenters. The number of benzene rings is 3. The van der Waals surface area contributed by atoms with E-state index in [0.717, 1.165) is 16.3 Å². The molecule has 1 heterocycles. The Hall–Kier alpha value is -3.93. The topological polar surface area (TPSA) is 78.5 Å². The minimum absolute atomic E-state index is 0.123. The van der Waals surface area contributed by atoms with Crippen LogP contribution in [0.1, 0.15) is 30.6 Å². The van der Waals surface area contributed by atoms with E-state index in [-0.39, 0.29) is 29.7 Å². The molecule has 0 spiro atoms. The lowest BCUT2D eigenvalue weighted by Crippen LogP contribution is -2.34. The maximum atomic E-state index is 13.0. The zero-order valence-corrected chi connectivity index (χ0v) is 17.4. The average Bonchev–Trinajstić information content (AvgIpc) is 2.96. The van der Waals surface area contributed by atoms with E-state index in [1.54, 1.807) is 50.2 Å². The van der Waals surface area contributed by atoms with E-state index in [1.807, 2.05) is 42.5 Å². The second-order valence-corrected chi connectivity index (χ2v) is 8.13. The fraction of sp³-hybridized carbons (Fsp3) is 0.160. The molecule has 0 aliphatic carbocycles. The van der Waals surface area contributed by atoms with Gasteiger partial charge in [-0.15, -0.1) is 0 Å². The SMILES string of the molecule is CC1(C)CC(=O)N(c2ccccc2C(=O)Nc2ccc(Nc3ccccc3)cc2)C1=O. The maximum absolute atomic E-state index is 13.0. The number of amides is 3. The lowest BCUT2D eigenvalue weighted by atomic mass is 9.92. The lowest BCUT2D eigenvalue weighted by Gasteiger charge is -2.20. The highest BCUT2D eigenvalue weighted by Crippen LogP contribution is 2.36. The molecule has 6 nitrogen and oxygen atoms in total. The first-order valence-corrected chi connectivity index (χ1v) is 10.0. The Kier molecular flexibility index (Phi) is 5.29. The van der Waals surface area contributed by atoms with Crippen LogP contribution in [0.4, 0.5) is 22.7 Å². The Morgan fingerprint density at radius 2 is 1.39 bits per heavy atom. The first-order valence-electron chi connectivity index (χ1n) is 10.0. The number of nitrogens with zero attached hydrogens (tertiary/aromatic N) is 1. The van der Waals surface area contributed by atoms with Crippen LogP contribution in [0, 0.1) is 5.41 Å². The van der Waals surface area contributed by atoms with Gasteiger partial charge in [-0.3, -0.25) is 14.4 Å². The van der Waals surface area contributed by atoms with E-state index in [9.17, 15) is 14.4 Å². The predicted octanol–water partition coefficient (Wildman–Crippen LogP) is 4.97. The van der Waals surface area contributed by atoms with E-state index < -0.39 is 5.41 Å². The molecule has 3 amide bonds. The quantitative estimate of drug-likeness (QED) is 0.579. The minimum atomic E-state index is -0.776. The summed E-state index contributed by atoms with van der Waals surface area (Å²) in [6.45, 7) is 3.47. The van der Waals surface area contributed by atoms with Crippen molar-refractivity contribution in [3.63, 3.8) is 0 Å². The number of para-hydroxylation sites is 2. The molecule has 156 valence electrons. The summed E-state index contributed by atoms with van der Waals surface area (Å²) in [7, 11) is 0. The number of hydrogen-bond acceptors (Lipinski definition) is 4. The van der Waals surface area contributed by atoms with Gasteiger partial charge in [0.2, 0.25) is 11.8 Å². The summed E-state index contributed by atoms with van der Waals surface area (Å²) in [5.74, 6) is -0.981. The largest absolute Gasteiger partial charge is 0.356 e. The molecule has 6 heteroatoms. The van der Waals surface area contributed by atoms with Gasteiger partial charge < -0.3 is 10.6 Å². The van der Waals surface area contributed by atoms with Crippen LogP contribution in [0.25, 0.3) is 0 Å². The fourth-order valence-corrected chi connectivity index (χ4v) is 3.58. The molecule has 0 saturated carbocycles. The third-order valence-electron chi connectivity index (χ3n) is 5.22. The molecule has 1 saturated heterocycles. The van der Waals surface area contributed by atoms with Crippen LogP contribution < -0.4 is 15.5 Å². The van der Waals surface area contributed by atoms with E-state index >= 15 is 0 Å². The van der Waals surface area contributed by atoms with Gasteiger partial charge in [-0.1, -0.05) is 44.2 Å². The smallest absolute Gasteiger partial charge is 0.257 e. The van der Waals surface area contributed by atoms with Gasteiger partial charge in [0.25, 0.3) is 5.91 Å². The number of nitrogens with one attached hydrogen (secondary N) is 2. The average molecular weight is 413 g/mol. The molecule has 2 N–H and O–H groups in total. The van der Waals surface area contributed by atoms with Gasteiger partial charge in [-0.25, -0.2) is 4.90 Å². The zero-order valence-electron chi connectivity index (χ0n) is 17.4. The Bertz CT molecular complexity index is 1140. The third-order valence-corrected chi connectivity index (χ3v) is 5.22. The Labute approximate surface area is 180 Å². The molecule has 1 aliphatic heterocycles. The van der Waals surface area contributed by atoms with Crippen molar-refractivity contribution in [2.45, 2.75) is 20.3 Å². The molecule has 0 bridgehead atoms. The predicted molar refractivity (Wildman–Crippen MR) is 121 cm³/mol. The minimum Gasteiger partial charge on any atom is -0.356 e. The second-order valence-electron chi connectivity index (χ2n) is 8.13. The molecule has 0 atom stereocenters. The summed E-state index contributed by atoms with van der Waals surface area (Å²) in [6.07, 6.45) is 0.123. The number of carbonyl (C=O) groups is 3. The molecule has 1 aliphatic rings. The number of anilines is 4. The number of carbonyl (C=O) groups excluding carboxylic acids is 3. The van der Waals surface area contributed by atoms with Crippen LogP contribution in [0.3, 0.4) is 0 Å². The number of imide groups is 1. The lowest BCUT2D eigenvalue weighted by molar-refractivity contribution is -0.124. The molecular weight excluding hydrogens is 390 g/mol. The molecule has 4 rings (SSSR count). The zero-order chi connectivity index (χ0) is 22.0. The fourth-order valence-electron chi connectivity index (χ4n) is 3.58. The maximum Gasteiger partial charge on any atom is 0.257 e. The van der Waals surface area contributed by atoms with Crippen LogP contribution >= 0.6 is 0 Å². The highest BCUT2D eigenvalue weighted by Gasteiger charge is 2.46. The van der Waals surface area contributed by atoms with E-state index in [1.165, 1.54) is 0 Å². The van der Waals surface area contributed by atoms with Crippen LogP contribution in [0.15, 0.2) is 78.9 Å². The normalized spacial score (nSPS) is 15.1.